The van der Waals surface area contributed by atoms with Gasteiger partial charge in [0.15, 0.2) is 5.82 Å². The summed E-state index contributed by atoms with van der Waals surface area (Å²) >= 11 is 6.46. The standard InChI is InChI=1S/C34H27ClFN3O4S/c35-30-20-15-26(34-37-33(38-43-34)14-7-21-42-31-13-6-11-25-10-4-5-12-29(25)31)22-32(30)44(40,41)39(23-24-8-2-1-3-9-24)28-18-16-27(36)17-19-28/h1-6,8-13,15-20,22H,7,14,21,23H2. The molecular formula is C34H27ClFN3O4S. The van der Waals surface area contributed by atoms with Gasteiger partial charge in [0.25, 0.3) is 15.9 Å². The van der Waals surface area contributed by atoms with Crippen LogP contribution in [0, 0.1) is 5.82 Å². The van der Waals surface area contributed by atoms with Crippen molar-refractivity contribution >= 4 is 38.1 Å². The van der Waals surface area contributed by atoms with Crippen molar-refractivity contribution in [2.24, 2.45) is 0 Å². The Morgan fingerprint density at radius 2 is 1.61 bits per heavy atom. The summed E-state index contributed by atoms with van der Waals surface area (Å²) in [6, 6.07) is 32.9. The van der Waals surface area contributed by atoms with Crippen LogP contribution in [-0.2, 0) is 23.0 Å². The summed E-state index contributed by atoms with van der Waals surface area (Å²) in [5, 5.41) is 6.26. The minimum Gasteiger partial charge on any atom is -0.493 e. The van der Waals surface area contributed by atoms with Gasteiger partial charge in [-0.3, -0.25) is 4.31 Å². The number of aromatic nitrogens is 2. The fourth-order valence-corrected chi connectivity index (χ4v) is 6.79. The molecule has 0 aliphatic heterocycles. The largest absolute Gasteiger partial charge is 0.493 e. The molecule has 0 N–H and O–H groups in total. The first-order valence-corrected chi connectivity index (χ1v) is 15.8. The molecule has 6 aromatic rings. The number of rotatable bonds is 11. The Balaban J connectivity index is 1.20. The molecule has 0 spiro atoms. The molecule has 0 amide bonds. The van der Waals surface area contributed by atoms with Gasteiger partial charge in [-0.1, -0.05) is 83.5 Å². The van der Waals surface area contributed by atoms with Crippen molar-refractivity contribution in [3.63, 3.8) is 0 Å². The first-order valence-electron chi connectivity index (χ1n) is 13.9. The monoisotopic (exact) mass is 627 g/mol. The molecule has 0 saturated heterocycles. The van der Waals surface area contributed by atoms with Crippen molar-refractivity contribution in [3.8, 4) is 17.2 Å². The van der Waals surface area contributed by atoms with Crippen molar-refractivity contribution < 1.29 is 22.1 Å². The van der Waals surface area contributed by atoms with E-state index in [1.807, 2.05) is 72.8 Å². The average molecular weight is 628 g/mol. The lowest BCUT2D eigenvalue weighted by molar-refractivity contribution is 0.312. The summed E-state index contributed by atoms with van der Waals surface area (Å²) < 4.78 is 54.6. The number of anilines is 1. The molecule has 222 valence electrons. The van der Waals surface area contributed by atoms with E-state index in [-0.39, 0.29) is 22.4 Å². The fraction of sp³-hybridized carbons (Fsp3) is 0.118. The second-order valence-corrected chi connectivity index (χ2v) is 12.3. The number of ether oxygens (including phenoxy) is 1. The predicted octanol–water partition coefficient (Wildman–Crippen LogP) is 8.09. The SMILES string of the molecule is O=S(=O)(c1cc(-c2nc(CCCOc3cccc4ccccc34)no2)ccc1Cl)N(Cc1ccccc1)c1ccc(F)cc1. The maximum atomic E-state index is 14.1. The molecule has 44 heavy (non-hydrogen) atoms. The molecule has 0 saturated carbocycles. The smallest absolute Gasteiger partial charge is 0.266 e. The van der Waals surface area contributed by atoms with E-state index in [4.69, 9.17) is 20.9 Å². The first kappa shape index (κ1) is 29.3. The quantitative estimate of drug-likeness (QED) is 0.135. The Kier molecular flexibility index (Phi) is 8.58. The maximum absolute atomic E-state index is 14.1. The molecular weight excluding hydrogens is 601 g/mol. The van der Waals surface area contributed by atoms with Crippen molar-refractivity contribution in [2.75, 3.05) is 10.9 Å². The molecule has 0 aliphatic carbocycles. The molecule has 5 aromatic carbocycles. The van der Waals surface area contributed by atoms with Crippen molar-refractivity contribution in [3.05, 3.63) is 137 Å². The topological polar surface area (TPSA) is 85.5 Å². The van der Waals surface area contributed by atoms with E-state index in [0.717, 1.165) is 22.1 Å². The van der Waals surface area contributed by atoms with Crippen LogP contribution in [0.25, 0.3) is 22.2 Å². The third-order valence-electron chi connectivity index (χ3n) is 7.05. The number of benzene rings is 5. The van der Waals surface area contributed by atoms with Crippen LogP contribution in [-0.4, -0.2) is 25.2 Å². The van der Waals surface area contributed by atoms with Gasteiger partial charge in [-0.2, -0.15) is 4.98 Å². The normalized spacial score (nSPS) is 11.5. The second kappa shape index (κ2) is 12.9. The van der Waals surface area contributed by atoms with Crippen molar-refractivity contribution in [1.29, 1.82) is 0 Å². The molecule has 0 aliphatic rings. The molecule has 1 aromatic heterocycles. The van der Waals surface area contributed by atoms with Crippen LogP contribution in [0.3, 0.4) is 0 Å². The molecule has 10 heteroatoms. The number of nitrogens with zero attached hydrogens (tertiary/aromatic N) is 3. The third-order valence-corrected chi connectivity index (χ3v) is 9.31. The lowest BCUT2D eigenvalue weighted by Gasteiger charge is -2.25. The zero-order chi connectivity index (χ0) is 30.5. The molecule has 7 nitrogen and oxygen atoms in total. The molecule has 1 heterocycles. The molecule has 0 bridgehead atoms. The van der Waals surface area contributed by atoms with Crippen molar-refractivity contribution in [1.82, 2.24) is 10.1 Å². The van der Waals surface area contributed by atoms with E-state index in [0.29, 0.717) is 36.5 Å². The van der Waals surface area contributed by atoms with E-state index in [1.54, 1.807) is 6.07 Å². The van der Waals surface area contributed by atoms with Crippen LogP contribution in [0.1, 0.15) is 17.8 Å². The predicted molar refractivity (Wildman–Crippen MR) is 169 cm³/mol. The lowest BCUT2D eigenvalue weighted by Crippen LogP contribution is -2.30. The summed E-state index contributed by atoms with van der Waals surface area (Å²) in [6.45, 7) is 0.475. The Morgan fingerprint density at radius 3 is 2.43 bits per heavy atom. The molecule has 6 rings (SSSR count). The van der Waals surface area contributed by atoms with Gasteiger partial charge in [0.2, 0.25) is 0 Å². The van der Waals surface area contributed by atoms with Crippen LogP contribution in [0.15, 0.2) is 125 Å². The van der Waals surface area contributed by atoms with E-state index < -0.39 is 15.8 Å². The Bertz CT molecular complexity index is 2000. The number of halogens is 2. The number of aryl methyl sites for hydroxylation is 1. The number of hydrogen-bond donors (Lipinski definition) is 0. The van der Waals surface area contributed by atoms with E-state index in [9.17, 15) is 12.8 Å². The van der Waals surface area contributed by atoms with Gasteiger partial charge in [0.1, 0.15) is 16.5 Å². The summed E-state index contributed by atoms with van der Waals surface area (Å²) in [4.78, 5) is 4.34. The van der Waals surface area contributed by atoms with E-state index >= 15 is 0 Å². The maximum Gasteiger partial charge on any atom is 0.266 e. The molecule has 0 unspecified atom stereocenters. The summed E-state index contributed by atoms with van der Waals surface area (Å²) in [5.41, 5.74) is 1.44. The minimum atomic E-state index is -4.21. The highest BCUT2D eigenvalue weighted by Gasteiger charge is 2.29. The number of hydrogen-bond acceptors (Lipinski definition) is 6. The highest BCUT2D eigenvalue weighted by molar-refractivity contribution is 7.93. The first-order chi connectivity index (χ1) is 21.4. The van der Waals surface area contributed by atoms with Gasteiger partial charge < -0.3 is 9.26 Å². The summed E-state index contributed by atoms with van der Waals surface area (Å²) in [6.07, 6.45) is 1.15. The fourth-order valence-electron chi connectivity index (χ4n) is 4.83. The summed E-state index contributed by atoms with van der Waals surface area (Å²) in [5.74, 6) is 0.976. The zero-order valence-corrected chi connectivity index (χ0v) is 25.0. The lowest BCUT2D eigenvalue weighted by atomic mass is 10.1. The van der Waals surface area contributed by atoms with E-state index in [2.05, 4.69) is 10.1 Å². The van der Waals surface area contributed by atoms with Crippen LogP contribution in [0.2, 0.25) is 5.02 Å². The second-order valence-electron chi connectivity index (χ2n) is 10.1. The Hall–Kier alpha value is -4.73. The van der Waals surface area contributed by atoms with Gasteiger partial charge in [-0.15, -0.1) is 0 Å². The molecule has 0 fully saturated rings. The van der Waals surface area contributed by atoms with Gasteiger partial charge in [0, 0.05) is 17.4 Å². The highest BCUT2D eigenvalue weighted by Crippen LogP contribution is 2.33. The third kappa shape index (κ3) is 6.44. The molecule has 0 radical (unpaired) electrons. The van der Waals surface area contributed by atoms with Crippen molar-refractivity contribution in [2.45, 2.75) is 24.3 Å². The Morgan fingerprint density at radius 1 is 0.864 bits per heavy atom. The minimum absolute atomic E-state index is 0.0148. The van der Waals surface area contributed by atoms with Crippen LogP contribution < -0.4 is 9.04 Å². The average Bonchev–Trinajstić information content (AvgIpc) is 3.52. The number of sulfonamides is 1. The van der Waals surface area contributed by atoms with Gasteiger partial charge in [0.05, 0.1) is 23.9 Å². The van der Waals surface area contributed by atoms with Crippen LogP contribution in [0.5, 0.6) is 5.75 Å². The zero-order valence-electron chi connectivity index (χ0n) is 23.4. The van der Waals surface area contributed by atoms with E-state index in [1.165, 1.54) is 40.7 Å². The van der Waals surface area contributed by atoms with Gasteiger partial charge >= 0.3 is 0 Å². The van der Waals surface area contributed by atoms with Gasteiger partial charge in [-0.05, 0) is 65.9 Å². The highest BCUT2D eigenvalue weighted by atomic mass is 35.5. The van der Waals surface area contributed by atoms with Crippen LogP contribution >= 0.6 is 11.6 Å². The van der Waals surface area contributed by atoms with Gasteiger partial charge in [-0.25, -0.2) is 12.8 Å². The summed E-state index contributed by atoms with van der Waals surface area (Å²) in [7, 11) is -4.21. The molecule has 0 atom stereocenters. The van der Waals surface area contributed by atoms with Crippen LogP contribution in [0.4, 0.5) is 10.1 Å². The number of fused-ring (bicyclic) bond motifs is 1. The Labute approximate surface area is 259 Å².